The number of rotatable bonds is 3. The Morgan fingerprint density at radius 3 is 2.89 bits per heavy atom. The summed E-state index contributed by atoms with van der Waals surface area (Å²) in [5, 5.41) is 0. The van der Waals surface area contributed by atoms with E-state index in [-0.39, 0.29) is 11.8 Å². The maximum absolute atomic E-state index is 11.6. The first-order valence-electron chi connectivity index (χ1n) is 6.13. The number of aromatic nitrogens is 1. The van der Waals surface area contributed by atoms with Gasteiger partial charge in [-0.1, -0.05) is 6.07 Å². The van der Waals surface area contributed by atoms with Gasteiger partial charge in [-0.25, -0.2) is 4.79 Å². The van der Waals surface area contributed by atoms with Gasteiger partial charge in [-0.2, -0.15) is 0 Å². The van der Waals surface area contributed by atoms with Crippen LogP contribution in [0.2, 0.25) is 0 Å². The van der Waals surface area contributed by atoms with Gasteiger partial charge in [0.15, 0.2) is 5.58 Å². The summed E-state index contributed by atoms with van der Waals surface area (Å²) in [5.41, 5.74) is 8.28. The van der Waals surface area contributed by atoms with Gasteiger partial charge in [-0.05, 0) is 36.8 Å². The number of hydrogen-bond donors (Lipinski definition) is 1. The summed E-state index contributed by atoms with van der Waals surface area (Å²) in [6.07, 6.45) is 1.58. The molecule has 19 heavy (non-hydrogen) atoms. The molecule has 0 saturated heterocycles. The van der Waals surface area contributed by atoms with E-state index in [0.29, 0.717) is 17.9 Å². The van der Waals surface area contributed by atoms with E-state index in [0.717, 1.165) is 11.1 Å². The van der Waals surface area contributed by atoms with Crippen LogP contribution in [0.4, 0.5) is 0 Å². The Balaban J connectivity index is 2.10. The number of aryl methyl sites for hydroxylation is 1. The number of nitrogens with two attached hydrogens (primary N) is 1. The van der Waals surface area contributed by atoms with Gasteiger partial charge in [0.25, 0.3) is 0 Å². The Kier molecular flexibility index (Phi) is 2.76. The van der Waals surface area contributed by atoms with Crippen LogP contribution in [0.15, 0.2) is 50.2 Å². The highest BCUT2D eigenvalue weighted by Gasteiger charge is 2.14. The third kappa shape index (κ3) is 1.88. The second kappa shape index (κ2) is 4.44. The van der Waals surface area contributed by atoms with Crippen molar-refractivity contribution in [2.45, 2.75) is 19.5 Å². The van der Waals surface area contributed by atoms with Crippen molar-refractivity contribution >= 4 is 11.1 Å². The van der Waals surface area contributed by atoms with Crippen LogP contribution in [0.5, 0.6) is 0 Å². The summed E-state index contributed by atoms with van der Waals surface area (Å²) < 4.78 is 12.1. The smallest absolute Gasteiger partial charge is 0.419 e. The molecule has 5 nitrogen and oxygen atoms in total. The predicted molar refractivity (Wildman–Crippen MR) is 70.9 cm³/mol. The van der Waals surface area contributed by atoms with Gasteiger partial charge in [-0.15, -0.1) is 0 Å². The third-order valence-corrected chi connectivity index (χ3v) is 3.22. The molecule has 98 valence electrons. The molecule has 0 spiro atoms. The van der Waals surface area contributed by atoms with E-state index < -0.39 is 0 Å². The first kappa shape index (κ1) is 11.8. The molecule has 0 radical (unpaired) electrons. The summed E-state index contributed by atoms with van der Waals surface area (Å²) in [7, 11) is 0. The standard InChI is InChI=1S/C14H14N2O3/c1-2-16-10-6-5-9(8-12(10)19-14(16)17)13(15)11-4-3-7-18-11/h3-8,13H,2,15H2,1H3. The number of fused-ring (bicyclic) bond motifs is 1. The largest absolute Gasteiger partial charge is 0.467 e. The number of benzene rings is 1. The second-order valence-electron chi connectivity index (χ2n) is 4.33. The Labute approximate surface area is 109 Å². The van der Waals surface area contributed by atoms with Crippen LogP contribution in [0.1, 0.15) is 24.3 Å². The van der Waals surface area contributed by atoms with Crippen LogP contribution >= 0.6 is 0 Å². The summed E-state index contributed by atoms with van der Waals surface area (Å²) in [6, 6.07) is 8.77. The average molecular weight is 258 g/mol. The Morgan fingerprint density at radius 2 is 2.21 bits per heavy atom. The molecule has 5 heteroatoms. The molecule has 2 heterocycles. The lowest BCUT2D eigenvalue weighted by Crippen LogP contribution is -2.12. The zero-order valence-corrected chi connectivity index (χ0v) is 10.5. The van der Waals surface area contributed by atoms with Gasteiger partial charge < -0.3 is 14.6 Å². The topological polar surface area (TPSA) is 74.3 Å². The fourth-order valence-electron chi connectivity index (χ4n) is 2.21. The normalized spacial score (nSPS) is 12.9. The number of furan rings is 1. The number of oxazole rings is 1. The Hall–Kier alpha value is -2.27. The van der Waals surface area contributed by atoms with E-state index in [9.17, 15) is 4.79 Å². The van der Waals surface area contributed by atoms with Crippen molar-refractivity contribution in [2.75, 3.05) is 0 Å². The molecule has 0 aliphatic heterocycles. The molecule has 0 bridgehead atoms. The van der Waals surface area contributed by atoms with E-state index in [1.807, 2.05) is 25.1 Å². The summed E-state index contributed by atoms with van der Waals surface area (Å²) in [6.45, 7) is 2.48. The van der Waals surface area contributed by atoms with Crippen LogP contribution in [0, 0.1) is 0 Å². The third-order valence-electron chi connectivity index (χ3n) is 3.22. The summed E-state index contributed by atoms with van der Waals surface area (Å²) in [4.78, 5) is 11.6. The summed E-state index contributed by atoms with van der Waals surface area (Å²) in [5.74, 6) is 0.331. The van der Waals surface area contributed by atoms with Crippen molar-refractivity contribution in [1.82, 2.24) is 4.57 Å². The first-order chi connectivity index (χ1) is 9.20. The quantitative estimate of drug-likeness (QED) is 0.782. The van der Waals surface area contributed by atoms with Crippen molar-refractivity contribution in [3.05, 3.63) is 58.5 Å². The van der Waals surface area contributed by atoms with Crippen LogP contribution in [-0.4, -0.2) is 4.57 Å². The maximum atomic E-state index is 11.6. The SMILES string of the molecule is CCn1c(=O)oc2cc(C(N)c3ccco3)ccc21. The van der Waals surface area contributed by atoms with Crippen molar-refractivity contribution in [3.8, 4) is 0 Å². The highest BCUT2D eigenvalue weighted by molar-refractivity contribution is 5.74. The molecule has 0 fully saturated rings. The van der Waals surface area contributed by atoms with Gasteiger partial charge in [-0.3, -0.25) is 4.57 Å². The molecule has 1 atom stereocenters. The molecule has 2 N–H and O–H groups in total. The summed E-state index contributed by atoms with van der Waals surface area (Å²) >= 11 is 0. The molecule has 3 rings (SSSR count). The van der Waals surface area contributed by atoms with E-state index in [4.69, 9.17) is 14.6 Å². The lowest BCUT2D eigenvalue weighted by molar-refractivity contribution is 0.489. The van der Waals surface area contributed by atoms with E-state index in [1.165, 1.54) is 0 Å². The monoisotopic (exact) mass is 258 g/mol. The maximum Gasteiger partial charge on any atom is 0.419 e. The Bertz CT molecular complexity index is 753. The second-order valence-corrected chi connectivity index (χ2v) is 4.33. The van der Waals surface area contributed by atoms with Crippen molar-refractivity contribution in [2.24, 2.45) is 5.73 Å². The van der Waals surface area contributed by atoms with Crippen molar-refractivity contribution in [1.29, 1.82) is 0 Å². The number of hydrogen-bond acceptors (Lipinski definition) is 4. The molecule has 0 aliphatic carbocycles. The van der Waals surface area contributed by atoms with Crippen molar-refractivity contribution < 1.29 is 8.83 Å². The van der Waals surface area contributed by atoms with Crippen LogP contribution in [0.3, 0.4) is 0 Å². The highest BCUT2D eigenvalue weighted by atomic mass is 16.4. The minimum atomic E-state index is -0.366. The number of nitrogens with zero attached hydrogens (tertiary/aromatic N) is 1. The molecular weight excluding hydrogens is 244 g/mol. The lowest BCUT2D eigenvalue weighted by Gasteiger charge is -2.08. The van der Waals surface area contributed by atoms with E-state index >= 15 is 0 Å². The lowest BCUT2D eigenvalue weighted by atomic mass is 10.1. The molecule has 3 aromatic rings. The minimum absolute atomic E-state index is 0.346. The Morgan fingerprint density at radius 1 is 1.37 bits per heavy atom. The first-order valence-corrected chi connectivity index (χ1v) is 6.13. The molecule has 2 aromatic heterocycles. The molecule has 0 saturated carbocycles. The van der Waals surface area contributed by atoms with Crippen LogP contribution in [-0.2, 0) is 6.54 Å². The molecule has 0 aliphatic rings. The van der Waals surface area contributed by atoms with Gasteiger partial charge in [0.2, 0.25) is 0 Å². The molecular formula is C14H14N2O3. The van der Waals surface area contributed by atoms with Crippen LogP contribution < -0.4 is 11.5 Å². The minimum Gasteiger partial charge on any atom is -0.467 e. The average Bonchev–Trinajstić information content (AvgIpc) is 3.03. The van der Waals surface area contributed by atoms with E-state index in [1.54, 1.807) is 23.0 Å². The van der Waals surface area contributed by atoms with E-state index in [2.05, 4.69) is 0 Å². The van der Waals surface area contributed by atoms with Gasteiger partial charge in [0.05, 0.1) is 17.8 Å². The predicted octanol–water partition coefficient (Wildman–Crippen LogP) is 2.26. The highest BCUT2D eigenvalue weighted by Crippen LogP contribution is 2.23. The van der Waals surface area contributed by atoms with Crippen LogP contribution in [0.25, 0.3) is 11.1 Å². The molecule has 0 amide bonds. The zero-order chi connectivity index (χ0) is 13.4. The fourth-order valence-corrected chi connectivity index (χ4v) is 2.21. The van der Waals surface area contributed by atoms with Gasteiger partial charge in [0, 0.05) is 6.54 Å². The molecule has 1 unspecified atom stereocenters. The van der Waals surface area contributed by atoms with Gasteiger partial charge >= 0.3 is 5.76 Å². The zero-order valence-electron chi connectivity index (χ0n) is 10.5. The molecule has 1 aromatic carbocycles. The van der Waals surface area contributed by atoms with Gasteiger partial charge in [0.1, 0.15) is 5.76 Å². The fraction of sp³-hybridized carbons (Fsp3) is 0.214. The van der Waals surface area contributed by atoms with Crippen molar-refractivity contribution in [3.63, 3.8) is 0 Å².